The quantitative estimate of drug-likeness (QED) is 0.418. The zero-order valence-corrected chi connectivity index (χ0v) is 16.5. The van der Waals surface area contributed by atoms with E-state index in [0.29, 0.717) is 28.9 Å². The van der Waals surface area contributed by atoms with Gasteiger partial charge in [-0.15, -0.1) is 0 Å². The molecule has 0 unspecified atom stereocenters. The van der Waals surface area contributed by atoms with Crippen LogP contribution >= 0.6 is 15.9 Å². The van der Waals surface area contributed by atoms with Gasteiger partial charge in [0.2, 0.25) is 0 Å². The molecule has 6 nitrogen and oxygen atoms in total. The monoisotopic (exact) mass is 430 g/mol. The van der Waals surface area contributed by atoms with Gasteiger partial charge in [0.1, 0.15) is 11.5 Å². The topological polar surface area (TPSA) is 68.2 Å². The third-order valence-electron chi connectivity index (χ3n) is 6.46. The molecule has 3 fully saturated rings. The number of allylic oxidation sites excluding steroid dienone is 2. The smallest absolute Gasteiger partial charge is 0.254 e. The van der Waals surface area contributed by atoms with Crippen LogP contribution in [0, 0.1) is 35.5 Å². The fraction of sp³-hybridized carbons (Fsp3) is 0.450. The molecule has 0 radical (unpaired) electrons. The number of nitrogens with zero attached hydrogens (tertiary/aromatic N) is 2. The lowest BCUT2D eigenvalue weighted by Gasteiger charge is -2.37. The Kier molecular flexibility index (Phi) is 3.73. The van der Waals surface area contributed by atoms with Gasteiger partial charge in [-0.2, -0.15) is 10.1 Å². The number of ether oxygens (including phenoxy) is 2. The van der Waals surface area contributed by atoms with Crippen LogP contribution < -0.4 is 9.47 Å². The first kappa shape index (κ1) is 17.0. The number of hydrogen-bond acceptors (Lipinski definition) is 5. The molecule has 0 aromatic heterocycles. The van der Waals surface area contributed by atoms with E-state index in [4.69, 9.17) is 9.47 Å². The molecular formula is C20H19BrN2O4. The van der Waals surface area contributed by atoms with Crippen molar-refractivity contribution in [2.75, 3.05) is 14.2 Å². The molecule has 2 bridgehead atoms. The minimum atomic E-state index is -0.238. The molecule has 27 heavy (non-hydrogen) atoms. The van der Waals surface area contributed by atoms with E-state index in [2.05, 4.69) is 33.2 Å². The summed E-state index contributed by atoms with van der Waals surface area (Å²) in [7, 11) is 3.12. The predicted molar refractivity (Wildman–Crippen MR) is 101 cm³/mol. The molecule has 5 aliphatic rings. The van der Waals surface area contributed by atoms with Gasteiger partial charge in [0, 0.05) is 11.6 Å². The third-order valence-corrected chi connectivity index (χ3v) is 7.08. The van der Waals surface area contributed by atoms with Crippen molar-refractivity contribution in [2.45, 2.75) is 6.42 Å². The fourth-order valence-electron chi connectivity index (χ4n) is 5.16. The van der Waals surface area contributed by atoms with Crippen molar-refractivity contribution >= 4 is 34.0 Å². The Balaban J connectivity index is 1.45. The van der Waals surface area contributed by atoms with E-state index in [0.717, 1.165) is 15.9 Å². The summed E-state index contributed by atoms with van der Waals surface area (Å²) in [6, 6.07) is 3.52. The van der Waals surface area contributed by atoms with Gasteiger partial charge in [-0.1, -0.05) is 12.2 Å². The highest BCUT2D eigenvalue weighted by molar-refractivity contribution is 9.10. The zero-order chi connectivity index (χ0) is 18.9. The second kappa shape index (κ2) is 5.92. The number of hydrogen-bond donors (Lipinski definition) is 0. The Labute approximate surface area is 165 Å². The molecule has 0 spiro atoms. The Morgan fingerprint density at radius 1 is 1.04 bits per heavy atom. The highest BCUT2D eigenvalue weighted by atomic mass is 79.9. The van der Waals surface area contributed by atoms with E-state index in [9.17, 15) is 9.59 Å². The summed E-state index contributed by atoms with van der Waals surface area (Å²) in [5, 5.41) is 5.34. The van der Waals surface area contributed by atoms with E-state index in [1.807, 2.05) is 0 Å². The number of imide groups is 1. The summed E-state index contributed by atoms with van der Waals surface area (Å²) in [6.07, 6.45) is 6.96. The molecule has 1 aliphatic heterocycles. The lowest BCUT2D eigenvalue weighted by Crippen LogP contribution is -2.40. The second-order valence-electron chi connectivity index (χ2n) is 7.62. The summed E-state index contributed by atoms with van der Waals surface area (Å²) in [6.45, 7) is 0. The first-order valence-corrected chi connectivity index (χ1v) is 9.86. The fourth-order valence-corrected chi connectivity index (χ4v) is 5.68. The SMILES string of the molecule is COc1cc(OC)c(/C=N\N2C(=O)[C@@H]3[C@@H]4C=C[C@@H]([C@@H]5C[C@H]45)[C@@H]3C2=O)cc1Br. The summed E-state index contributed by atoms with van der Waals surface area (Å²) in [5.74, 6) is 1.94. The van der Waals surface area contributed by atoms with Crippen LogP contribution in [0.5, 0.6) is 11.5 Å². The number of hydrazone groups is 1. The van der Waals surface area contributed by atoms with Crippen LogP contribution in [-0.4, -0.2) is 37.3 Å². The van der Waals surface area contributed by atoms with Crippen molar-refractivity contribution in [2.24, 2.45) is 40.6 Å². The number of halogens is 1. The average Bonchev–Trinajstić information content (AvgIpc) is 3.45. The summed E-state index contributed by atoms with van der Waals surface area (Å²) < 4.78 is 11.4. The number of amides is 2. The zero-order valence-electron chi connectivity index (χ0n) is 15.0. The van der Waals surface area contributed by atoms with Crippen molar-refractivity contribution in [1.29, 1.82) is 0 Å². The van der Waals surface area contributed by atoms with Gasteiger partial charge >= 0.3 is 0 Å². The molecule has 1 aromatic rings. The average molecular weight is 431 g/mol. The minimum absolute atomic E-state index is 0.169. The Bertz CT molecular complexity index is 875. The van der Waals surface area contributed by atoms with E-state index in [1.54, 1.807) is 26.4 Å². The van der Waals surface area contributed by atoms with Gasteiger partial charge < -0.3 is 9.47 Å². The van der Waals surface area contributed by atoms with E-state index >= 15 is 0 Å². The molecule has 7 heteroatoms. The molecule has 140 valence electrons. The first-order valence-electron chi connectivity index (χ1n) is 9.06. The summed E-state index contributed by atoms with van der Waals surface area (Å²) in [5.41, 5.74) is 0.657. The molecule has 4 aliphatic carbocycles. The Morgan fingerprint density at radius 2 is 1.63 bits per heavy atom. The molecular weight excluding hydrogens is 412 g/mol. The van der Waals surface area contributed by atoms with E-state index < -0.39 is 0 Å². The van der Waals surface area contributed by atoms with Gasteiger partial charge in [0.25, 0.3) is 11.8 Å². The maximum atomic E-state index is 12.9. The third kappa shape index (κ3) is 2.33. The van der Waals surface area contributed by atoms with Crippen LogP contribution in [0.15, 0.2) is 33.9 Å². The van der Waals surface area contributed by atoms with Crippen LogP contribution in [0.2, 0.25) is 0 Å². The van der Waals surface area contributed by atoms with Gasteiger partial charge in [-0.25, -0.2) is 0 Å². The molecule has 2 saturated carbocycles. The molecule has 6 rings (SSSR count). The van der Waals surface area contributed by atoms with Crippen LogP contribution in [-0.2, 0) is 9.59 Å². The molecule has 6 atom stereocenters. The highest BCUT2D eigenvalue weighted by Gasteiger charge is 2.67. The number of benzene rings is 1. The lowest BCUT2D eigenvalue weighted by molar-refractivity contribution is -0.140. The van der Waals surface area contributed by atoms with Crippen molar-refractivity contribution in [1.82, 2.24) is 5.01 Å². The number of carbonyl (C=O) groups excluding carboxylic acids is 2. The van der Waals surface area contributed by atoms with Gasteiger partial charge in [-0.05, 0) is 52.1 Å². The van der Waals surface area contributed by atoms with Crippen LogP contribution in [0.1, 0.15) is 12.0 Å². The first-order chi connectivity index (χ1) is 13.0. The highest BCUT2D eigenvalue weighted by Crippen LogP contribution is 2.65. The summed E-state index contributed by atoms with van der Waals surface area (Å²) >= 11 is 3.44. The minimum Gasteiger partial charge on any atom is -0.496 e. The van der Waals surface area contributed by atoms with E-state index in [-0.39, 0.29) is 35.5 Å². The summed E-state index contributed by atoms with van der Waals surface area (Å²) in [4.78, 5) is 25.9. The lowest BCUT2D eigenvalue weighted by atomic mass is 9.63. The largest absolute Gasteiger partial charge is 0.496 e. The normalized spacial score (nSPS) is 35.6. The maximum absolute atomic E-state index is 12.9. The van der Waals surface area contributed by atoms with Gasteiger partial charge in [-0.3, -0.25) is 9.59 Å². The maximum Gasteiger partial charge on any atom is 0.254 e. The Hall–Kier alpha value is -2.15. The van der Waals surface area contributed by atoms with Gasteiger partial charge in [0.15, 0.2) is 0 Å². The number of methoxy groups -OCH3 is 2. The molecule has 1 aromatic carbocycles. The van der Waals surface area contributed by atoms with Crippen LogP contribution in [0.4, 0.5) is 0 Å². The van der Waals surface area contributed by atoms with E-state index in [1.165, 1.54) is 6.21 Å². The molecule has 0 N–H and O–H groups in total. The molecule has 1 saturated heterocycles. The standard InChI is InChI=1S/C20H19BrN2O4/c1-26-15-7-16(27-2)14(21)5-9(15)8-22-23-19(24)17-10-3-4-11(13-6-12(10)13)18(17)20(23)25/h3-5,7-8,10-13,17-18H,6H2,1-2H3/b22-8-/t10-,11+,12-,13+,17-,18+. The van der Waals surface area contributed by atoms with Crippen LogP contribution in [0.25, 0.3) is 0 Å². The van der Waals surface area contributed by atoms with Gasteiger partial charge in [0.05, 0.1) is 36.7 Å². The van der Waals surface area contributed by atoms with Crippen molar-refractivity contribution < 1.29 is 19.1 Å². The Morgan fingerprint density at radius 3 is 2.19 bits per heavy atom. The van der Waals surface area contributed by atoms with Crippen molar-refractivity contribution in [3.63, 3.8) is 0 Å². The van der Waals surface area contributed by atoms with Crippen molar-refractivity contribution in [3.8, 4) is 11.5 Å². The molecule has 2 amide bonds. The number of carbonyl (C=O) groups is 2. The molecule has 1 heterocycles. The second-order valence-corrected chi connectivity index (χ2v) is 8.47. The van der Waals surface area contributed by atoms with Crippen LogP contribution in [0.3, 0.4) is 0 Å². The number of rotatable bonds is 4. The van der Waals surface area contributed by atoms with Crippen molar-refractivity contribution in [3.05, 3.63) is 34.3 Å². The predicted octanol–water partition coefficient (Wildman–Crippen LogP) is 2.85.